The summed E-state index contributed by atoms with van der Waals surface area (Å²) >= 11 is 0. The molecule has 0 radical (unpaired) electrons. The fraction of sp³-hybridized carbons (Fsp3) is 0.273. The zero-order valence-corrected chi connectivity index (χ0v) is 10.3. The van der Waals surface area contributed by atoms with E-state index in [9.17, 15) is 21.6 Å². The maximum atomic E-state index is 11.8. The molecule has 3 nitrogen and oxygen atoms in total. The van der Waals surface area contributed by atoms with Gasteiger partial charge in [0.2, 0.25) is 0 Å². The largest absolute Gasteiger partial charge is 0.409 e. The summed E-state index contributed by atoms with van der Waals surface area (Å²) in [5, 5.41) is 0. The van der Waals surface area contributed by atoms with E-state index in [1.54, 1.807) is 19.1 Å². The van der Waals surface area contributed by atoms with Crippen molar-refractivity contribution in [1.29, 1.82) is 0 Å². The van der Waals surface area contributed by atoms with Gasteiger partial charge in [-0.1, -0.05) is 23.8 Å². The van der Waals surface area contributed by atoms with Gasteiger partial charge in [0.05, 0.1) is 11.5 Å². The minimum absolute atomic E-state index is 0.0718. The summed E-state index contributed by atoms with van der Waals surface area (Å²) in [6.45, 7) is 1.12. The van der Waals surface area contributed by atoms with Crippen molar-refractivity contribution in [3.63, 3.8) is 0 Å². The molecule has 0 atom stereocenters. The van der Waals surface area contributed by atoms with Crippen molar-refractivity contribution >= 4 is 10.1 Å². The van der Waals surface area contributed by atoms with Gasteiger partial charge in [-0.25, -0.2) is 0 Å². The molecule has 1 aromatic rings. The average molecular weight is 280 g/mol. The highest BCUT2D eigenvalue weighted by atomic mass is 32.2. The van der Waals surface area contributed by atoms with Crippen molar-refractivity contribution in [2.45, 2.75) is 18.0 Å². The molecule has 0 fully saturated rings. The first-order valence-corrected chi connectivity index (χ1v) is 6.32. The molecule has 0 aliphatic carbocycles. The number of benzene rings is 1. The summed E-state index contributed by atoms with van der Waals surface area (Å²) in [5.74, 6) is 0. The second-order valence-corrected chi connectivity index (χ2v) is 5.11. The fourth-order valence-electron chi connectivity index (χ4n) is 1.08. The Morgan fingerprint density at radius 3 is 2.28 bits per heavy atom. The van der Waals surface area contributed by atoms with Crippen LogP contribution in [0.3, 0.4) is 0 Å². The number of alkyl halides is 3. The topological polar surface area (TPSA) is 43.4 Å². The monoisotopic (exact) mass is 280 g/mol. The van der Waals surface area contributed by atoms with Crippen LogP contribution in [0.1, 0.15) is 5.56 Å². The number of halogens is 3. The van der Waals surface area contributed by atoms with E-state index in [0.717, 1.165) is 5.56 Å². The first kappa shape index (κ1) is 14.7. The van der Waals surface area contributed by atoms with Gasteiger partial charge in [0.15, 0.2) is 0 Å². The Kier molecular flexibility index (Phi) is 4.53. The van der Waals surface area contributed by atoms with E-state index < -0.39 is 22.9 Å². The molecule has 0 bridgehead atoms. The molecule has 0 aliphatic heterocycles. The standard InChI is InChI=1S/C11H11F3O3S/c1-9-3-5-10(6-4-9)18(15,16)17-8-2-7-11(12,13)14/h2-7H,8H2,1H3. The molecule has 0 amide bonds. The third-order valence-corrected chi connectivity index (χ3v) is 3.23. The highest BCUT2D eigenvalue weighted by molar-refractivity contribution is 7.86. The summed E-state index contributed by atoms with van der Waals surface area (Å²) in [4.78, 5) is -0.0893. The van der Waals surface area contributed by atoms with Crippen LogP contribution >= 0.6 is 0 Å². The molecule has 7 heteroatoms. The highest BCUT2D eigenvalue weighted by Gasteiger charge is 2.22. The SMILES string of the molecule is Cc1ccc(S(=O)(=O)OCC=CC(F)(F)F)cc1. The lowest BCUT2D eigenvalue weighted by Gasteiger charge is -2.04. The third-order valence-electron chi connectivity index (χ3n) is 1.94. The number of aryl methyl sites for hydroxylation is 1. The lowest BCUT2D eigenvalue weighted by Crippen LogP contribution is -2.07. The maximum absolute atomic E-state index is 11.8. The molecule has 0 unspecified atom stereocenters. The molecule has 0 aromatic heterocycles. The van der Waals surface area contributed by atoms with Crippen LogP contribution in [0.5, 0.6) is 0 Å². The van der Waals surface area contributed by atoms with E-state index in [4.69, 9.17) is 0 Å². The van der Waals surface area contributed by atoms with E-state index in [-0.39, 0.29) is 11.0 Å². The molecule has 100 valence electrons. The molecular weight excluding hydrogens is 269 g/mol. The quantitative estimate of drug-likeness (QED) is 0.629. The summed E-state index contributed by atoms with van der Waals surface area (Å²) in [6, 6.07) is 5.81. The van der Waals surface area contributed by atoms with E-state index >= 15 is 0 Å². The lowest BCUT2D eigenvalue weighted by atomic mass is 10.2. The van der Waals surface area contributed by atoms with Gasteiger partial charge in [-0.05, 0) is 19.1 Å². The van der Waals surface area contributed by atoms with Crippen LogP contribution in [-0.2, 0) is 14.3 Å². The minimum Gasteiger partial charge on any atom is -0.262 e. The highest BCUT2D eigenvalue weighted by Crippen LogP contribution is 2.16. The van der Waals surface area contributed by atoms with Crippen molar-refractivity contribution in [2.24, 2.45) is 0 Å². The van der Waals surface area contributed by atoms with Crippen LogP contribution in [0.2, 0.25) is 0 Å². The van der Waals surface area contributed by atoms with Crippen LogP contribution in [0.25, 0.3) is 0 Å². The second kappa shape index (κ2) is 5.53. The normalized spacial score (nSPS) is 13.1. The Morgan fingerprint density at radius 1 is 1.22 bits per heavy atom. The summed E-state index contributed by atoms with van der Waals surface area (Å²) < 4.78 is 62.8. The van der Waals surface area contributed by atoms with Crippen molar-refractivity contribution in [1.82, 2.24) is 0 Å². The van der Waals surface area contributed by atoms with Crippen LogP contribution in [-0.4, -0.2) is 21.2 Å². The molecule has 0 N–H and O–H groups in total. The maximum Gasteiger partial charge on any atom is 0.409 e. The molecule has 0 heterocycles. The Morgan fingerprint density at radius 2 is 1.78 bits per heavy atom. The van der Waals surface area contributed by atoms with Crippen LogP contribution < -0.4 is 0 Å². The van der Waals surface area contributed by atoms with Gasteiger partial charge in [-0.15, -0.1) is 0 Å². The smallest absolute Gasteiger partial charge is 0.262 e. The number of hydrogen-bond acceptors (Lipinski definition) is 3. The predicted molar refractivity (Wildman–Crippen MR) is 59.5 cm³/mol. The predicted octanol–water partition coefficient (Wildman–Crippen LogP) is 2.82. The summed E-state index contributed by atoms with van der Waals surface area (Å²) in [6.07, 6.45) is -3.94. The Labute approximate surface area is 103 Å². The zero-order chi connectivity index (χ0) is 13.8. The molecular formula is C11H11F3O3S. The first-order valence-electron chi connectivity index (χ1n) is 4.91. The lowest BCUT2D eigenvalue weighted by molar-refractivity contribution is -0.0801. The molecule has 1 aromatic carbocycles. The van der Waals surface area contributed by atoms with Gasteiger partial charge >= 0.3 is 6.18 Å². The van der Waals surface area contributed by atoms with Gasteiger partial charge < -0.3 is 0 Å². The second-order valence-electron chi connectivity index (χ2n) is 3.50. The molecule has 0 spiro atoms. The van der Waals surface area contributed by atoms with Crippen molar-refractivity contribution in [3.05, 3.63) is 42.0 Å². The molecule has 1 rings (SSSR count). The number of rotatable bonds is 4. The van der Waals surface area contributed by atoms with E-state index in [1.807, 2.05) is 0 Å². The molecule has 0 saturated carbocycles. The minimum atomic E-state index is -4.48. The van der Waals surface area contributed by atoms with Gasteiger partial charge in [0.25, 0.3) is 10.1 Å². The van der Waals surface area contributed by atoms with Gasteiger partial charge in [0.1, 0.15) is 0 Å². The van der Waals surface area contributed by atoms with Crippen molar-refractivity contribution in [3.8, 4) is 0 Å². The average Bonchev–Trinajstić information content (AvgIpc) is 2.24. The van der Waals surface area contributed by atoms with Crippen molar-refractivity contribution in [2.75, 3.05) is 6.61 Å². The first-order chi connectivity index (χ1) is 8.21. The van der Waals surface area contributed by atoms with Gasteiger partial charge in [-0.2, -0.15) is 21.6 Å². The van der Waals surface area contributed by atoms with Crippen LogP contribution in [0, 0.1) is 6.92 Å². The van der Waals surface area contributed by atoms with E-state index in [2.05, 4.69) is 4.18 Å². The molecule has 0 aliphatic rings. The van der Waals surface area contributed by atoms with Crippen LogP contribution in [0.4, 0.5) is 13.2 Å². The Bertz CT molecular complexity index is 515. The Hall–Kier alpha value is -1.34. The number of hydrogen-bond donors (Lipinski definition) is 0. The Balaban J connectivity index is 2.66. The molecule has 18 heavy (non-hydrogen) atoms. The van der Waals surface area contributed by atoms with Crippen molar-refractivity contribution < 1.29 is 25.8 Å². The van der Waals surface area contributed by atoms with Gasteiger partial charge in [-0.3, -0.25) is 4.18 Å². The summed E-state index contributed by atoms with van der Waals surface area (Å²) in [7, 11) is -4.01. The van der Waals surface area contributed by atoms with E-state index in [0.29, 0.717) is 6.08 Å². The third kappa shape index (κ3) is 4.89. The van der Waals surface area contributed by atoms with Gasteiger partial charge in [0, 0.05) is 6.08 Å². The fourth-order valence-corrected chi connectivity index (χ4v) is 1.95. The van der Waals surface area contributed by atoms with Crippen LogP contribution in [0.15, 0.2) is 41.3 Å². The summed E-state index contributed by atoms with van der Waals surface area (Å²) in [5.41, 5.74) is 0.867. The zero-order valence-electron chi connectivity index (χ0n) is 9.44. The van der Waals surface area contributed by atoms with E-state index in [1.165, 1.54) is 12.1 Å². The number of allylic oxidation sites excluding steroid dienone is 1. The molecule has 0 saturated heterocycles.